The van der Waals surface area contributed by atoms with Gasteiger partial charge in [-0.1, -0.05) is 6.07 Å². The molecule has 2 aromatic rings. The molecule has 3 atom stereocenters. The van der Waals surface area contributed by atoms with Crippen LogP contribution in [0.4, 0.5) is 58.4 Å². The number of hydrazone groups is 1. The van der Waals surface area contributed by atoms with Crippen molar-refractivity contribution in [3.8, 4) is 0 Å². The van der Waals surface area contributed by atoms with Crippen molar-refractivity contribution < 1.29 is 62.9 Å². The van der Waals surface area contributed by atoms with Gasteiger partial charge in [0.25, 0.3) is 0 Å². The van der Waals surface area contributed by atoms with Gasteiger partial charge in [-0.05, 0) is 48.4 Å². The van der Waals surface area contributed by atoms with Crippen molar-refractivity contribution in [2.45, 2.75) is 44.0 Å². The molecular formula is C21H14F12N2O2. The predicted molar refractivity (Wildman–Crippen MR) is 103 cm³/mol. The van der Waals surface area contributed by atoms with Crippen LogP contribution in [0.5, 0.6) is 0 Å². The van der Waals surface area contributed by atoms with Crippen LogP contribution in [0, 0.1) is 12.8 Å². The quantitative estimate of drug-likeness (QED) is 0.449. The number of nitrogens with zero attached hydrogens (tertiary/aromatic N) is 2. The minimum Gasteiger partial charge on any atom is -0.383 e. The number of hydrogen-bond acceptors (Lipinski definition) is 4. The molecule has 37 heavy (non-hydrogen) atoms. The first kappa shape index (κ1) is 28.6. The first-order valence-electron chi connectivity index (χ1n) is 9.90. The molecular weight excluding hydrogens is 540 g/mol. The molecule has 0 spiro atoms. The molecule has 0 radical (unpaired) electrons. The first-order chi connectivity index (χ1) is 16.6. The van der Waals surface area contributed by atoms with Gasteiger partial charge in [-0.3, -0.25) is 0 Å². The van der Waals surface area contributed by atoms with Gasteiger partial charge in [0.05, 0.1) is 34.0 Å². The van der Waals surface area contributed by atoms with Gasteiger partial charge in [0.1, 0.15) is 0 Å². The molecule has 0 aliphatic carbocycles. The molecule has 16 heteroatoms. The lowest BCUT2D eigenvalue weighted by Gasteiger charge is -2.28. The Labute approximate surface area is 199 Å². The molecule has 3 unspecified atom stereocenters. The maximum absolute atomic E-state index is 13.4. The highest BCUT2D eigenvalue weighted by molar-refractivity contribution is 6.05. The van der Waals surface area contributed by atoms with Crippen LogP contribution in [-0.2, 0) is 18.5 Å². The Morgan fingerprint density at radius 2 is 1.19 bits per heavy atom. The highest BCUT2D eigenvalue weighted by atomic mass is 19.4. The molecule has 1 aliphatic rings. The lowest BCUT2D eigenvalue weighted by atomic mass is 9.89. The Morgan fingerprint density at radius 3 is 1.62 bits per heavy atom. The molecule has 3 rings (SSSR count). The van der Waals surface area contributed by atoms with Gasteiger partial charge >= 0.3 is 24.7 Å². The first-order valence-corrected chi connectivity index (χ1v) is 9.90. The molecule has 0 bridgehead atoms. The topological polar surface area (TPSA) is 56.1 Å². The number of rotatable bonds is 3. The summed E-state index contributed by atoms with van der Waals surface area (Å²) >= 11 is 0. The molecule has 0 aromatic heterocycles. The smallest absolute Gasteiger partial charge is 0.383 e. The van der Waals surface area contributed by atoms with Crippen LogP contribution in [0.3, 0.4) is 0 Å². The van der Waals surface area contributed by atoms with E-state index >= 15 is 0 Å². The summed E-state index contributed by atoms with van der Waals surface area (Å²) in [5.41, 5.74) is -8.22. The van der Waals surface area contributed by atoms with E-state index in [2.05, 4.69) is 5.10 Å². The van der Waals surface area contributed by atoms with Crippen molar-refractivity contribution in [1.82, 2.24) is 0 Å². The Kier molecular flexibility index (Phi) is 7.01. The van der Waals surface area contributed by atoms with Crippen molar-refractivity contribution in [2.75, 3.05) is 5.01 Å². The average Bonchev–Trinajstić information content (AvgIpc) is 3.06. The predicted octanol–water partition coefficient (Wildman–Crippen LogP) is 6.13. The molecule has 1 heterocycles. The van der Waals surface area contributed by atoms with Gasteiger partial charge in [-0.25, -0.2) is 5.01 Å². The molecule has 0 amide bonds. The maximum Gasteiger partial charge on any atom is 0.416 e. The van der Waals surface area contributed by atoms with Crippen molar-refractivity contribution in [2.24, 2.45) is 11.0 Å². The van der Waals surface area contributed by atoms with Gasteiger partial charge in [0, 0.05) is 0 Å². The lowest BCUT2D eigenvalue weighted by molar-refractivity contribution is -0.218. The van der Waals surface area contributed by atoms with Gasteiger partial charge in [0.15, 0.2) is 12.3 Å². The number of aliphatic hydroxyl groups excluding tert-OH is 2. The minimum atomic E-state index is -5.51. The van der Waals surface area contributed by atoms with Gasteiger partial charge < -0.3 is 10.2 Å². The van der Waals surface area contributed by atoms with E-state index in [0.29, 0.717) is 12.1 Å². The third-order valence-corrected chi connectivity index (χ3v) is 5.32. The molecule has 2 N–H and O–H groups in total. The number of alkyl halides is 12. The zero-order valence-corrected chi connectivity index (χ0v) is 18.0. The van der Waals surface area contributed by atoms with E-state index in [0.717, 1.165) is 13.0 Å². The van der Waals surface area contributed by atoms with Crippen molar-refractivity contribution >= 4 is 11.4 Å². The third kappa shape index (κ3) is 5.95. The summed E-state index contributed by atoms with van der Waals surface area (Å²) in [7, 11) is 0. The molecule has 2 aromatic carbocycles. The fourth-order valence-electron chi connectivity index (χ4n) is 3.68. The molecule has 4 nitrogen and oxygen atoms in total. The van der Waals surface area contributed by atoms with Crippen LogP contribution in [-0.4, -0.2) is 34.4 Å². The summed E-state index contributed by atoms with van der Waals surface area (Å²) in [4.78, 5) is 0. The fourth-order valence-corrected chi connectivity index (χ4v) is 3.68. The zero-order chi connectivity index (χ0) is 28.3. The van der Waals surface area contributed by atoms with Crippen LogP contribution in [0.2, 0.25) is 0 Å². The lowest BCUT2D eigenvalue weighted by Crippen LogP contribution is -2.47. The maximum atomic E-state index is 13.4. The van der Waals surface area contributed by atoms with Crippen LogP contribution in [0.25, 0.3) is 0 Å². The number of benzene rings is 2. The zero-order valence-electron chi connectivity index (χ0n) is 18.0. The van der Waals surface area contributed by atoms with Crippen molar-refractivity contribution in [1.29, 1.82) is 0 Å². The van der Waals surface area contributed by atoms with Crippen LogP contribution in [0.15, 0.2) is 41.5 Å². The summed E-state index contributed by atoms with van der Waals surface area (Å²) in [6, 6.07) is 1.66. The Hall–Kier alpha value is -3.01. The average molecular weight is 554 g/mol. The molecule has 204 valence electrons. The van der Waals surface area contributed by atoms with Crippen LogP contribution in [0.1, 0.15) is 27.8 Å². The number of aliphatic hydroxyl groups is 2. The van der Waals surface area contributed by atoms with Gasteiger partial charge in [-0.15, -0.1) is 0 Å². The SMILES string of the molecule is Cc1cc(C2=NN(c3cc(C(F)(F)F)cc(C(F)(F)F)c3)C(O)C2C(O)C(F)(F)F)cc(C(F)(F)F)c1. The van der Waals surface area contributed by atoms with Gasteiger partial charge in [-0.2, -0.15) is 57.8 Å². The van der Waals surface area contributed by atoms with Crippen LogP contribution < -0.4 is 5.01 Å². The highest BCUT2D eigenvalue weighted by Gasteiger charge is 2.53. The highest BCUT2D eigenvalue weighted by Crippen LogP contribution is 2.42. The van der Waals surface area contributed by atoms with E-state index in [1.807, 2.05) is 0 Å². The Balaban J connectivity index is 2.27. The minimum absolute atomic E-state index is 0.0466. The molecule has 0 fully saturated rings. The van der Waals surface area contributed by atoms with Crippen LogP contribution >= 0.6 is 0 Å². The second-order valence-electron chi connectivity index (χ2n) is 8.11. The molecule has 0 saturated heterocycles. The van der Waals surface area contributed by atoms with Crippen molar-refractivity contribution in [3.05, 3.63) is 64.2 Å². The van der Waals surface area contributed by atoms with E-state index in [4.69, 9.17) is 0 Å². The van der Waals surface area contributed by atoms with E-state index in [1.165, 1.54) is 0 Å². The van der Waals surface area contributed by atoms with E-state index in [9.17, 15) is 62.9 Å². The Bertz CT molecular complexity index is 1170. The van der Waals surface area contributed by atoms with Gasteiger partial charge in [0.2, 0.25) is 0 Å². The number of halogens is 12. The normalized spacial score (nSPS) is 20.3. The fraction of sp³-hybridized carbons (Fsp3) is 0.381. The molecule has 1 aliphatic heterocycles. The summed E-state index contributed by atoms with van der Waals surface area (Å²) < 4.78 is 159. The second-order valence-corrected chi connectivity index (χ2v) is 8.11. The summed E-state index contributed by atoms with van der Waals surface area (Å²) in [5, 5.41) is 23.8. The second kappa shape index (κ2) is 9.08. The standard InChI is InChI=1S/C21H14F12N2O2/c1-8-2-9(4-10(3-8)18(22,23)24)15-14(16(36)21(31,32)33)17(37)35(34-15)13-6-11(19(25,26)27)5-12(7-13)20(28,29)30/h2-7,14,16-17,36-37H,1H3. The summed E-state index contributed by atoms with van der Waals surface area (Å²) in [6.45, 7) is 1.13. The van der Waals surface area contributed by atoms with E-state index < -0.39 is 76.6 Å². The largest absolute Gasteiger partial charge is 0.416 e. The summed E-state index contributed by atoms with van der Waals surface area (Å²) in [5.74, 6) is -2.60. The van der Waals surface area contributed by atoms with E-state index in [1.54, 1.807) is 0 Å². The van der Waals surface area contributed by atoms with E-state index in [-0.39, 0.29) is 28.8 Å². The molecule has 0 saturated carbocycles. The Morgan fingerprint density at radius 1 is 0.730 bits per heavy atom. The number of hydrogen-bond donors (Lipinski definition) is 2. The monoisotopic (exact) mass is 554 g/mol. The number of anilines is 1. The summed E-state index contributed by atoms with van der Waals surface area (Å²) in [6.07, 6.45) is -27.5. The third-order valence-electron chi connectivity index (χ3n) is 5.32. The number of aryl methyl sites for hydroxylation is 1. The van der Waals surface area contributed by atoms with Crippen molar-refractivity contribution in [3.63, 3.8) is 0 Å².